The second kappa shape index (κ2) is 5.86. The molecular weight excluding hydrogens is 316 g/mol. The summed E-state index contributed by atoms with van der Waals surface area (Å²) in [4.78, 5) is 19.7. The van der Waals surface area contributed by atoms with Crippen molar-refractivity contribution in [3.63, 3.8) is 0 Å². The van der Waals surface area contributed by atoms with Crippen molar-refractivity contribution in [3.05, 3.63) is 23.9 Å². The summed E-state index contributed by atoms with van der Waals surface area (Å²) >= 11 is 0. The molecule has 7 heteroatoms. The van der Waals surface area contributed by atoms with Gasteiger partial charge in [0.25, 0.3) is 0 Å². The Balaban J connectivity index is 1.66. The van der Waals surface area contributed by atoms with Crippen LogP contribution in [0.5, 0.6) is 0 Å². The third-order valence-electron chi connectivity index (χ3n) is 4.62. The summed E-state index contributed by atoms with van der Waals surface area (Å²) in [5, 5.41) is 0. The van der Waals surface area contributed by atoms with Crippen molar-refractivity contribution in [1.82, 2.24) is 9.88 Å². The lowest BCUT2D eigenvalue weighted by Gasteiger charge is -2.27. The molecule has 1 atom stereocenters. The van der Waals surface area contributed by atoms with Gasteiger partial charge in [0.05, 0.1) is 6.20 Å². The summed E-state index contributed by atoms with van der Waals surface area (Å²) < 4.78 is 32.4. The molecule has 1 spiro atoms. The van der Waals surface area contributed by atoms with E-state index in [1.807, 2.05) is 25.7 Å². The number of pyridine rings is 1. The van der Waals surface area contributed by atoms with Gasteiger partial charge < -0.3 is 14.5 Å². The normalized spacial score (nSPS) is 24.0. The number of hydrogen-bond donors (Lipinski definition) is 0. The van der Waals surface area contributed by atoms with Crippen LogP contribution in [0.1, 0.15) is 33.6 Å². The van der Waals surface area contributed by atoms with Gasteiger partial charge >= 0.3 is 6.09 Å². The van der Waals surface area contributed by atoms with Crippen molar-refractivity contribution in [2.75, 3.05) is 31.1 Å². The fourth-order valence-electron chi connectivity index (χ4n) is 3.51. The maximum atomic E-state index is 13.9. The number of amides is 1. The van der Waals surface area contributed by atoms with Crippen molar-refractivity contribution in [1.29, 1.82) is 0 Å². The first-order valence-corrected chi connectivity index (χ1v) is 8.21. The molecule has 1 amide bonds. The predicted molar refractivity (Wildman–Crippen MR) is 85.8 cm³/mol. The van der Waals surface area contributed by atoms with E-state index >= 15 is 0 Å². The van der Waals surface area contributed by atoms with Crippen LogP contribution < -0.4 is 4.90 Å². The molecule has 1 aromatic rings. The minimum absolute atomic E-state index is 0.0700. The molecule has 2 fully saturated rings. The van der Waals surface area contributed by atoms with Gasteiger partial charge in [-0.05, 0) is 33.6 Å². The van der Waals surface area contributed by atoms with Gasteiger partial charge in [0.2, 0.25) is 0 Å². The average molecular weight is 339 g/mol. The molecule has 0 N–H and O–H groups in total. The number of carbonyl (C=O) groups excluding carboxylic acids is 1. The zero-order chi connectivity index (χ0) is 17.5. The topological polar surface area (TPSA) is 45.7 Å². The van der Waals surface area contributed by atoms with Crippen LogP contribution in [0.15, 0.2) is 12.3 Å². The fraction of sp³-hybridized carbons (Fsp3) is 0.647. The maximum Gasteiger partial charge on any atom is 0.410 e. The third kappa shape index (κ3) is 3.44. The van der Waals surface area contributed by atoms with Gasteiger partial charge in [-0.25, -0.2) is 18.6 Å². The molecule has 0 radical (unpaired) electrons. The van der Waals surface area contributed by atoms with Crippen LogP contribution in [0.2, 0.25) is 0 Å². The minimum atomic E-state index is -0.679. The highest BCUT2D eigenvalue weighted by molar-refractivity contribution is 5.68. The molecule has 0 aromatic carbocycles. The highest BCUT2D eigenvalue weighted by Gasteiger charge is 2.46. The monoisotopic (exact) mass is 339 g/mol. The van der Waals surface area contributed by atoms with Crippen molar-refractivity contribution in [2.45, 2.75) is 39.2 Å². The van der Waals surface area contributed by atoms with Gasteiger partial charge in [0.15, 0.2) is 11.6 Å². The molecule has 5 nitrogen and oxygen atoms in total. The van der Waals surface area contributed by atoms with Crippen molar-refractivity contribution < 1.29 is 18.3 Å². The van der Waals surface area contributed by atoms with Gasteiger partial charge in [0, 0.05) is 37.7 Å². The number of rotatable bonds is 1. The van der Waals surface area contributed by atoms with E-state index in [0.717, 1.165) is 25.1 Å². The van der Waals surface area contributed by atoms with Gasteiger partial charge in [-0.15, -0.1) is 0 Å². The van der Waals surface area contributed by atoms with E-state index in [4.69, 9.17) is 4.74 Å². The van der Waals surface area contributed by atoms with E-state index in [1.165, 1.54) is 0 Å². The predicted octanol–water partition coefficient (Wildman–Crippen LogP) is 3.20. The maximum absolute atomic E-state index is 13.9. The van der Waals surface area contributed by atoms with Gasteiger partial charge in [-0.3, -0.25) is 0 Å². The summed E-state index contributed by atoms with van der Waals surface area (Å²) in [5.41, 5.74) is -0.588. The van der Waals surface area contributed by atoms with Gasteiger partial charge in [-0.2, -0.15) is 0 Å². The Morgan fingerprint density at radius 3 is 2.62 bits per heavy atom. The Morgan fingerprint density at radius 2 is 1.96 bits per heavy atom. The van der Waals surface area contributed by atoms with Crippen LogP contribution in [-0.4, -0.2) is 47.8 Å². The molecule has 2 aliphatic heterocycles. The van der Waals surface area contributed by atoms with Crippen LogP contribution in [0.25, 0.3) is 0 Å². The van der Waals surface area contributed by atoms with E-state index < -0.39 is 17.2 Å². The number of hydrogen-bond acceptors (Lipinski definition) is 4. The van der Waals surface area contributed by atoms with E-state index in [-0.39, 0.29) is 17.3 Å². The molecule has 2 saturated heterocycles. The standard InChI is InChI=1S/C17H23F2N3O2/c1-16(2,3)24-15(23)22-7-5-17(11-22)4-6-21(10-17)14-13(19)8-12(18)9-20-14/h8-9H,4-7,10-11H2,1-3H3. The first kappa shape index (κ1) is 16.9. The summed E-state index contributed by atoms with van der Waals surface area (Å²) in [6.45, 7) is 8.04. The number of ether oxygens (including phenoxy) is 1. The zero-order valence-electron chi connectivity index (χ0n) is 14.3. The number of aromatic nitrogens is 1. The van der Waals surface area contributed by atoms with Gasteiger partial charge in [-0.1, -0.05) is 0 Å². The molecule has 0 bridgehead atoms. The van der Waals surface area contributed by atoms with Gasteiger partial charge in [0.1, 0.15) is 11.4 Å². The van der Waals surface area contributed by atoms with Crippen molar-refractivity contribution in [3.8, 4) is 0 Å². The third-order valence-corrected chi connectivity index (χ3v) is 4.62. The lowest BCUT2D eigenvalue weighted by molar-refractivity contribution is 0.0276. The molecule has 1 unspecified atom stereocenters. The first-order valence-electron chi connectivity index (χ1n) is 8.21. The molecule has 24 heavy (non-hydrogen) atoms. The molecular formula is C17H23F2N3O2. The Labute approximate surface area is 140 Å². The number of halogens is 2. The lowest BCUT2D eigenvalue weighted by Crippen LogP contribution is -2.37. The summed E-state index contributed by atoms with van der Waals surface area (Å²) in [5.74, 6) is -1.14. The smallest absolute Gasteiger partial charge is 0.410 e. The van der Waals surface area contributed by atoms with Crippen molar-refractivity contribution in [2.24, 2.45) is 5.41 Å². The SMILES string of the molecule is CC(C)(C)OC(=O)N1CCC2(CCN(c3ncc(F)cc3F)C2)C1. The Kier molecular flexibility index (Phi) is 4.13. The Hall–Kier alpha value is -1.92. The van der Waals surface area contributed by atoms with E-state index in [0.29, 0.717) is 26.2 Å². The van der Waals surface area contributed by atoms with Crippen LogP contribution in [0.4, 0.5) is 19.4 Å². The largest absolute Gasteiger partial charge is 0.444 e. The molecule has 3 rings (SSSR count). The quantitative estimate of drug-likeness (QED) is 0.788. The molecule has 0 saturated carbocycles. The summed E-state index contributed by atoms with van der Waals surface area (Å²) in [6, 6.07) is 0.856. The number of likely N-dealkylation sites (tertiary alicyclic amines) is 1. The number of carbonyl (C=O) groups is 1. The molecule has 2 aliphatic rings. The van der Waals surface area contributed by atoms with E-state index in [1.54, 1.807) is 4.90 Å². The van der Waals surface area contributed by atoms with Crippen LogP contribution >= 0.6 is 0 Å². The Bertz CT molecular complexity index is 647. The van der Waals surface area contributed by atoms with Crippen LogP contribution in [-0.2, 0) is 4.74 Å². The summed E-state index contributed by atoms with van der Waals surface area (Å²) in [6.07, 6.45) is 2.44. The fourth-order valence-corrected chi connectivity index (χ4v) is 3.51. The van der Waals surface area contributed by atoms with Crippen molar-refractivity contribution >= 4 is 11.9 Å². The molecule has 0 aliphatic carbocycles. The minimum Gasteiger partial charge on any atom is -0.444 e. The second-order valence-electron chi connectivity index (χ2n) is 7.78. The molecule has 132 valence electrons. The van der Waals surface area contributed by atoms with E-state index in [2.05, 4.69) is 4.98 Å². The second-order valence-corrected chi connectivity index (χ2v) is 7.78. The van der Waals surface area contributed by atoms with E-state index in [9.17, 15) is 13.6 Å². The lowest BCUT2D eigenvalue weighted by atomic mass is 9.86. The zero-order valence-corrected chi connectivity index (χ0v) is 14.3. The van der Waals surface area contributed by atoms with Crippen LogP contribution in [0, 0.1) is 17.0 Å². The highest BCUT2D eigenvalue weighted by atomic mass is 19.1. The average Bonchev–Trinajstić information content (AvgIpc) is 3.05. The number of anilines is 1. The highest BCUT2D eigenvalue weighted by Crippen LogP contribution is 2.41. The van der Waals surface area contributed by atoms with Crippen LogP contribution in [0.3, 0.4) is 0 Å². The Morgan fingerprint density at radius 1 is 1.25 bits per heavy atom. The number of nitrogens with zero attached hydrogens (tertiary/aromatic N) is 3. The molecule has 3 heterocycles. The summed E-state index contributed by atoms with van der Waals surface area (Å²) in [7, 11) is 0. The molecule has 1 aromatic heterocycles. The first-order chi connectivity index (χ1) is 11.2.